The molecule has 3 aliphatic rings. The van der Waals surface area contributed by atoms with Crippen molar-refractivity contribution < 1.29 is 48.1 Å². The standard InChI is InChI=1S/C29H30F6N4OS.BrH/c1-3-16-15-39-9-7-17(16)10-25(39)26(22-6-8-36-24-5-4-21(40-2)14-23(22)24)38-27(41)37-20-12-18(28(30,31)32)11-19(13-20)29(33,34)35;/h4-6,8,11-14,16-17,25-26H,3,7,9-10,15H2,1-2H3,(H2,37,38,41);1H/p-1. The Balaban J connectivity index is 0.00000405. The number of anilines is 1. The molecule has 3 fully saturated rings. The Bertz CT molecular complexity index is 1400. The van der Waals surface area contributed by atoms with Crippen LogP contribution >= 0.6 is 12.2 Å². The summed E-state index contributed by atoms with van der Waals surface area (Å²) in [7, 11) is 1.56. The van der Waals surface area contributed by atoms with Crippen LogP contribution in [0.1, 0.15) is 48.9 Å². The van der Waals surface area contributed by atoms with Crippen molar-refractivity contribution in [3.8, 4) is 5.75 Å². The zero-order valence-corrected chi connectivity index (χ0v) is 25.2. The van der Waals surface area contributed by atoms with Gasteiger partial charge >= 0.3 is 12.4 Å². The fourth-order valence-corrected chi connectivity index (χ4v) is 6.50. The minimum Gasteiger partial charge on any atom is -1.00 e. The first kappa shape index (κ1) is 32.3. The molecule has 5 nitrogen and oxygen atoms in total. The van der Waals surface area contributed by atoms with Crippen LogP contribution in [0.5, 0.6) is 5.75 Å². The summed E-state index contributed by atoms with van der Waals surface area (Å²) in [5.41, 5.74) is -1.64. The fraction of sp³-hybridized carbons (Fsp3) is 0.448. The van der Waals surface area contributed by atoms with Gasteiger partial charge in [0.25, 0.3) is 0 Å². The number of hydrogen-bond donors (Lipinski definition) is 2. The number of thiocarbonyl (C=S) groups is 1. The Morgan fingerprint density at radius 3 is 2.33 bits per heavy atom. The molecule has 0 radical (unpaired) electrons. The number of methoxy groups -OCH3 is 1. The summed E-state index contributed by atoms with van der Waals surface area (Å²) >= 11 is 5.51. The van der Waals surface area contributed by atoms with E-state index in [4.69, 9.17) is 17.0 Å². The lowest BCUT2D eigenvalue weighted by molar-refractivity contribution is -0.143. The van der Waals surface area contributed by atoms with E-state index in [-0.39, 0.29) is 34.2 Å². The fourth-order valence-electron chi connectivity index (χ4n) is 6.25. The zero-order chi connectivity index (χ0) is 29.5. The van der Waals surface area contributed by atoms with E-state index in [0.717, 1.165) is 48.8 Å². The summed E-state index contributed by atoms with van der Waals surface area (Å²) in [5, 5.41) is 6.61. The topological polar surface area (TPSA) is 49.4 Å². The van der Waals surface area contributed by atoms with Crippen molar-refractivity contribution in [1.29, 1.82) is 0 Å². The van der Waals surface area contributed by atoms with Gasteiger partial charge in [-0.1, -0.05) is 13.3 Å². The Morgan fingerprint density at radius 2 is 1.76 bits per heavy atom. The molecule has 228 valence electrons. The lowest BCUT2D eigenvalue weighted by Crippen LogP contribution is -3.00. The van der Waals surface area contributed by atoms with Crippen LogP contribution in [0.4, 0.5) is 32.0 Å². The van der Waals surface area contributed by atoms with E-state index >= 15 is 0 Å². The Morgan fingerprint density at radius 1 is 1.07 bits per heavy atom. The molecule has 4 heterocycles. The molecular formula is C29H30BrF6N4OS-. The number of ether oxygens (including phenoxy) is 1. The molecule has 2 bridgehead atoms. The monoisotopic (exact) mass is 675 g/mol. The van der Waals surface area contributed by atoms with Gasteiger partial charge in [0.05, 0.1) is 29.8 Å². The molecule has 2 N–H and O–H groups in total. The first-order valence-corrected chi connectivity index (χ1v) is 13.8. The summed E-state index contributed by atoms with van der Waals surface area (Å²) < 4.78 is 86.1. The Kier molecular flexibility index (Phi) is 9.63. The summed E-state index contributed by atoms with van der Waals surface area (Å²) in [6, 6.07) is 8.32. The van der Waals surface area contributed by atoms with Gasteiger partial charge in [-0.25, -0.2) is 0 Å². The van der Waals surface area contributed by atoms with Gasteiger partial charge in [-0.15, -0.1) is 0 Å². The second kappa shape index (κ2) is 12.5. The average molecular weight is 677 g/mol. The molecule has 3 saturated heterocycles. The molecule has 3 aliphatic heterocycles. The van der Waals surface area contributed by atoms with Crippen molar-refractivity contribution >= 4 is 33.9 Å². The van der Waals surface area contributed by atoms with Crippen molar-refractivity contribution in [1.82, 2.24) is 15.2 Å². The molecule has 0 aliphatic carbocycles. The molecule has 3 aromatic rings. The molecule has 5 atom stereocenters. The molecule has 1 aromatic heterocycles. The number of rotatable bonds is 6. The summed E-state index contributed by atoms with van der Waals surface area (Å²) in [6.45, 7) is 4.00. The number of halogens is 7. The van der Waals surface area contributed by atoms with Gasteiger partial charge in [-0.3, -0.25) is 9.88 Å². The van der Waals surface area contributed by atoms with Crippen LogP contribution in [0.15, 0.2) is 48.7 Å². The van der Waals surface area contributed by atoms with Crippen LogP contribution in [-0.4, -0.2) is 41.2 Å². The van der Waals surface area contributed by atoms with Crippen LogP contribution in [-0.2, 0) is 12.4 Å². The molecule has 0 saturated carbocycles. The van der Waals surface area contributed by atoms with Crippen LogP contribution in [0.3, 0.4) is 0 Å². The number of alkyl halides is 6. The van der Waals surface area contributed by atoms with Gasteiger partial charge in [-0.05, 0) is 91.5 Å². The second-order valence-corrected chi connectivity index (χ2v) is 11.1. The molecular weight excluding hydrogens is 646 g/mol. The number of nitrogens with zero attached hydrogens (tertiary/aromatic N) is 2. The molecule has 2 aromatic carbocycles. The predicted molar refractivity (Wildman–Crippen MR) is 149 cm³/mol. The van der Waals surface area contributed by atoms with Crippen molar-refractivity contribution in [3.63, 3.8) is 0 Å². The highest BCUT2D eigenvalue weighted by Crippen LogP contribution is 2.43. The second-order valence-electron chi connectivity index (χ2n) is 10.7. The third-order valence-electron chi connectivity index (χ3n) is 8.29. The Labute approximate surface area is 255 Å². The maximum absolute atomic E-state index is 13.4. The van der Waals surface area contributed by atoms with E-state index in [9.17, 15) is 26.3 Å². The quantitative estimate of drug-likeness (QED) is 0.298. The van der Waals surface area contributed by atoms with Gasteiger partial charge in [-0.2, -0.15) is 26.3 Å². The molecule has 6 rings (SSSR count). The van der Waals surface area contributed by atoms with Gasteiger partial charge in [0.2, 0.25) is 0 Å². The average Bonchev–Trinajstić information content (AvgIpc) is 2.94. The van der Waals surface area contributed by atoms with E-state index in [1.165, 1.54) is 0 Å². The summed E-state index contributed by atoms with van der Waals surface area (Å²) in [4.78, 5) is 6.88. The highest BCUT2D eigenvalue weighted by molar-refractivity contribution is 7.80. The van der Waals surface area contributed by atoms with Gasteiger partial charge in [0, 0.05) is 29.9 Å². The predicted octanol–water partition coefficient (Wildman–Crippen LogP) is 4.43. The van der Waals surface area contributed by atoms with E-state index in [1.807, 2.05) is 18.2 Å². The van der Waals surface area contributed by atoms with Crippen molar-refractivity contribution in [2.75, 3.05) is 25.5 Å². The van der Waals surface area contributed by atoms with Gasteiger partial charge in [0.15, 0.2) is 5.11 Å². The molecule has 0 spiro atoms. The number of aromatic nitrogens is 1. The minimum absolute atomic E-state index is 0. The third kappa shape index (κ3) is 6.78. The zero-order valence-electron chi connectivity index (χ0n) is 22.8. The van der Waals surface area contributed by atoms with Crippen LogP contribution < -0.4 is 32.4 Å². The van der Waals surface area contributed by atoms with Crippen molar-refractivity contribution in [2.45, 2.75) is 50.6 Å². The number of fused-ring (bicyclic) bond motifs is 4. The normalized spacial score (nSPS) is 22.8. The molecule has 42 heavy (non-hydrogen) atoms. The lowest BCUT2D eigenvalue weighted by atomic mass is 9.72. The van der Waals surface area contributed by atoms with Crippen LogP contribution in [0.25, 0.3) is 10.9 Å². The minimum atomic E-state index is -4.96. The molecule has 0 amide bonds. The largest absolute Gasteiger partial charge is 1.00 e. The van der Waals surface area contributed by atoms with Crippen LogP contribution in [0, 0.1) is 11.8 Å². The number of pyridine rings is 1. The number of hydrogen-bond acceptors (Lipinski definition) is 4. The highest BCUT2D eigenvalue weighted by atomic mass is 79.9. The first-order valence-electron chi connectivity index (χ1n) is 13.4. The summed E-state index contributed by atoms with van der Waals surface area (Å²) in [5.74, 6) is 1.72. The van der Waals surface area contributed by atoms with E-state index in [1.54, 1.807) is 19.4 Å². The van der Waals surface area contributed by atoms with Gasteiger partial charge in [0.1, 0.15) is 5.75 Å². The highest BCUT2D eigenvalue weighted by Gasteiger charge is 2.43. The number of nitrogens with one attached hydrogen (secondary N) is 2. The Hall–Kier alpha value is -2.64. The molecule has 13 heteroatoms. The van der Waals surface area contributed by atoms with Crippen molar-refractivity contribution in [3.05, 3.63) is 65.4 Å². The summed E-state index contributed by atoms with van der Waals surface area (Å²) in [6.07, 6.45) is -5.21. The van der Waals surface area contributed by atoms with Crippen LogP contribution in [0.2, 0.25) is 0 Å². The van der Waals surface area contributed by atoms with Gasteiger partial charge < -0.3 is 32.4 Å². The van der Waals surface area contributed by atoms with E-state index in [2.05, 4.69) is 27.4 Å². The van der Waals surface area contributed by atoms with E-state index in [0.29, 0.717) is 29.7 Å². The smallest absolute Gasteiger partial charge is 0.416 e. The first-order chi connectivity index (χ1) is 19.4. The maximum Gasteiger partial charge on any atom is 0.416 e. The van der Waals surface area contributed by atoms with Crippen molar-refractivity contribution in [2.24, 2.45) is 11.8 Å². The number of piperidine rings is 3. The molecule has 5 unspecified atom stereocenters. The maximum atomic E-state index is 13.4. The van der Waals surface area contributed by atoms with E-state index < -0.39 is 35.2 Å². The number of benzene rings is 2. The third-order valence-corrected chi connectivity index (χ3v) is 8.51. The SMILES string of the molecule is CCC1CN2CCC1CC2C(NC(=S)Nc1cc(C(F)(F)F)cc(C(F)(F)F)c1)c1ccnc2ccc(OC)cc12.[Br-]. The lowest BCUT2D eigenvalue weighted by Gasteiger charge is -2.52.